The summed E-state index contributed by atoms with van der Waals surface area (Å²) in [6.07, 6.45) is -3.64. The Kier molecular flexibility index (Phi) is 5.46. The van der Waals surface area contributed by atoms with E-state index in [9.17, 15) is 17.6 Å². The average molecular weight is 281 g/mol. The van der Waals surface area contributed by atoms with Crippen molar-refractivity contribution in [2.45, 2.75) is 33.1 Å². The number of rotatable bonds is 6. The van der Waals surface area contributed by atoms with E-state index >= 15 is 0 Å². The van der Waals surface area contributed by atoms with E-state index in [4.69, 9.17) is 0 Å². The maximum Gasteiger partial charge on any atom is 0.411 e. The van der Waals surface area contributed by atoms with Gasteiger partial charge in [-0.1, -0.05) is 6.92 Å². The molecule has 108 valence electrons. The van der Waals surface area contributed by atoms with Gasteiger partial charge in [-0.2, -0.15) is 13.2 Å². The molecule has 4 nitrogen and oxygen atoms in total. The molecule has 0 bridgehead atoms. The van der Waals surface area contributed by atoms with Crippen molar-refractivity contribution in [2.75, 3.05) is 18.5 Å². The second kappa shape index (κ2) is 6.65. The van der Waals surface area contributed by atoms with Crippen LogP contribution in [0.25, 0.3) is 0 Å². The molecule has 0 saturated heterocycles. The Labute approximate surface area is 108 Å². The highest BCUT2D eigenvalue weighted by Gasteiger charge is 2.27. The lowest BCUT2D eigenvalue weighted by atomic mass is 10.3. The standard InChI is InChI=1S/C11H15F4N3O/c1-3-4-16-10-9(12)7(2)17-8(18-10)5-19-6-11(13,14)15/h3-6H2,1-2H3,(H,16,17,18). The molecule has 19 heavy (non-hydrogen) atoms. The molecule has 0 spiro atoms. The number of halogens is 4. The van der Waals surface area contributed by atoms with Crippen molar-refractivity contribution in [1.82, 2.24) is 9.97 Å². The topological polar surface area (TPSA) is 47.0 Å². The minimum atomic E-state index is -4.40. The first kappa shape index (κ1) is 15.6. The van der Waals surface area contributed by atoms with Crippen LogP contribution in [0.1, 0.15) is 24.9 Å². The molecule has 0 fully saturated rings. The third kappa shape index (κ3) is 5.37. The number of aryl methyl sites for hydroxylation is 1. The lowest BCUT2D eigenvalue weighted by molar-refractivity contribution is -0.177. The Morgan fingerprint density at radius 1 is 1.26 bits per heavy atom. The van der Waals surface area contributed by atoms with E-state index in [0.29, 0.717) is 6.54 Å². The Balaban J connectivity index is 2.71. The average Bonchev–Trinajstić information content (AvgIpc) is 2.30. The van der Waals surface area contributed by atoms with Gasteiger partial charge in [-0.15, -0.1) is 0 Å². The van der Waals surface area contributed by atoms with Crippen molar-refractivity contribution in [3.8, 4) is 0 Å². The summed E-state index contributed by atoms with van der Waals surface area (Å²) < 4.78 is 53.8. The van der Waals surface area contributed by atoms with Gasteiger partial charge in [0.05, 0.1) is 5.69 Å². The number of alkyl halides is 3. The van der Waals surface area contributed by atoms with E-state index in [-0.39, 0.29) is 17.3 Å². The molecule has 1 rings (SSSR count). The number of aromatic nitrogens is 2. The molecule has 1 aromatic heterocycles. The van der Waals surface area contributed by atoms with Crippen LogP contribution in [0.15, 0.2) is 0 Å². The molecule has 0 amide bonds. The van der Waals surface area contributed by atoms with Gasteiger partial charge in [0.25, 0.3) is 0 Å². The highest BCUT2D eigenvalue weighted by Crippen LogP contribution is 2.17. The summed E-state index contributed by atoms with van der Waals surface area (Å²) in [5.74, 6) is -0.602. The lowest BCUT2D eigenvalue weighted by Gasteiger charge is -2.10. The van der Waals surface area contributed by atoms with Crippen LogP contribution in [0, 0.1) is 12.7 Å². The van der Waals surface area contributed by atoms with E-state index in [1.54, 1.807) is 0 Å². The molecule has 0 aliphatic rings. The number of hydrogen-bond acceptors (Lipinski definition) is 4. The van der Waals surface area contributed by atoms with Gasteiger partial charge in [0, 0.05) is 6.54 Å². The van der Waals surface area contributed by atoms with Gasteiger partial charge >= 0.3 is 6.18 Å². The quantitative estimate of drug-likeness (QED) is 0.814. The Bertz CT molecular complexity index is 423. The summed E-state index contributed by atoms with van der Waals surface area (Å²) in [7, 11) is 0. The van der Waals surface area contributed by atoms with Gasteiger partial charge in [0.1, 0.15) is 13.2 Å². The molecule has 0 aliphatic carbocycles. The van der Waals surface area contributed by atoms with E-state index in [0.717, 1.165) is 6.42 Å². The molecule has 1 aromatic rings. The van der Waals surface area contributed by atoms with Crippen LogP contribution in [0.3, 0.4) is 0 Å². The SMILES string of the molecule is CCCNc1nc(COCC(F)(F)F)nc(C)c1F. The normalized spacial score (nSPS) is 11.7. The van der Waals surface area contributed by atoms with Crippen LogP contribution in [0.4, 0.5) is 23.4 Å². The Morgan fingerprint density at radius 2 is 1.95 bits per heavy atom. The third-order valence-electron chi connectivity index (χ3n) is 2.10. The van der Waals surface area contributed by atoms with Gasteiger partial charge in [-0.25, -0.2) is 14.4 Å². The summed E-state index contributed by atoms with van der Waals surface area (Å²) in [6.45, 7) is 2.02. The van der Waals surface area contributed by atoms with Gasteiger partial charge in [0.15, 0.2) is 17.5 Å². The number of hydrogen-bond donors (Lipinski definition) is 1. The number of ether oxygens (including phenoxy) is 1. The van der Waals surface area contributed by atoms with Crippen molar-refractivity contribution < 1.29 is 22.3 Å². The fraction of sp³-hybridized carbons (Fsp3) is 0.636. The maximum absolute atomic E-state index is 13.6. The zero-order chi connectivity index (χ0) is 14.5. The zero-order valence-electron chi connectivity index (χ0n) is 10.6. The first-order valence-corrected chi connectivity index (χ1v) is 5.75. The second-order valence-electron chi connectivity index (χ2n) is 3.92. The van der Waals surface area contributed by atoms with Crippen molar-refractivity contribution in [3.05, 3.63) is 17.3 Å². The number of nitrogens with one attached hydrogen (secondary N) is 1. The van der Waals surface area contributed by atoms with Crippen molar-refractivity contribution >= 4 is 5.82 Å². The van der Waals surface area contributed by atoms with Gasteiger partial charge < -0.3 is 10.1 Å². The van der Waals surface area contributed by atoms with Crippen LogP contribution in [0.2, 0.25) is 0 Å². The Morgan fingerprint density at radius 3 is 2.53 bits per heavy atom. The molecule has 0 saturated carbocycles. The third-order valence-corrected chi connectivity index (χ3v) is 2.10. The van der Waals surface area contributed by atoms with Crippen LogP contribution in [-0.2, 0) is 11.3 Å². The summed E-state index contributed by atoms with van der Waals surface area (Å²) in [5.41, 5.74) is 0.0687. The monoisotopic (exact) mass is 281 g/mol. The van der Waals surface area contributed by atoms with Crippen molar-refractivity contribution in [3.63, 3.8) is 0 Å². The lowest BCUT2D eigenvalue weighted by Crippen LogP contribution is -2.18. The molecule has 8 heteroatoms. The van der Waals surface area contributed by atoms with Crippen LogP contribution in [0.5, 0.6) is 0 Å². The van der Waals surface area contributed by atoms with Crippen LogP contribution < -0.4 is 5.32 Å². The van der Waals surface area contributed by atoms with Gasteiger partial charge in [0.2, 0.25) is 0 Å². The van der Waals surface area contributed by atoms with E-state index in [1.807, 2.05) is 6.92 Å². The van der Waals surface area contributed by atoms with Crippen molar-refractivity contribution in [1.29, 1.82) is 0 Å². The molecular formula is C11H15F4N3O. The summed E-state index contributed by atoms with van der Waals surface area (Å²) in [6, 6.07) is 0. The fourth-order valence-corrected chi connectivity index (χ4v) is 1.30. The summed E-state index contributed by atoms with van der Waals surface area (Å²) in [4.78, 5) is 7.54. The van der Waals surface area contributed by atoms with Crippen molar-refractivity contribution in [2.24, 2.45) is 0 Å². The second-order valence-corrected chi connectivity index (χ2v) is 3.92. The van der Waals surface area contributed by atoms with Crippen LogP contribution in [-0.4, -0.2) is 29.3 Å². The smallest absolute Gasteiger partial charge is 0.368 e. The Hall–Kier alpha value is -1.44. The predicted molar refractivity (Wildman–Crippen MR) is 61.2 cm³/mol. The molecule has 1 heterocycles. The maximum atomic E-state index is 13.6. The predicted octanol–water partition coefficient (Wildman–Crippen LogP) is 2.82. The summed E-state index contributed by atoms with van der Waals surface area (Å²) >= 11 is 0. The highest BCUT2D eigenvalue weighted by molar-refractivity contribution is 5.37. The number of nitrogens with zero attached hydrogens (tertiary/aromatic N) is 2. The summed E-state index contributed by atoms with van der Waals surface area (Å²) in [5, 5.41) is 2.75. The molecule has 0 radical (unpaired) electrons. The first-order valence-electron chi connectivity index (χ1n) is 5.75. The molecule has 0 unspecified atom stereocenters. The van der Waals surface area contributed by atoms with Crippen LogP contribution >= 0.6 is 0 Å². The van der Waals surface area contributed by atoms with Gasteiger partial charge in [-0.3, -0.25) is 0 Å². The molecule has 0 aromatic carbocycles. The minimum Gasteiger partial charge on any atom is -0.368 e. The molecular weight excluding hydrogens is 266 g/mol. The first-order chi connectivity index (χ1) is 8.83. The minimum absolute atomic E-state index is 0.0139. The fourth-order valence-electron chi connectivity index (χ4n) is 1.30. The molecule has 0 aliphatic heterocycles. The number of anilines is 1. The van der Waals surface area contributed by atoms with E-state index in [2.05, 4.69) is 20.0 Å². The highest BCUT2D eigenvalue weighted by atomic mass is 19.4. The van der Waals surface area contributed by atoms with Gasteiger partial charge in [-0.05, 0) is 13.3 Å². The van der Waals surface area contributed by atoms with E-state index in [1.165, 1.54) is 6.92 Å². The zero-order valence-corrected chi connectivity index (χ0v) is 10.6. The largest absolute Gasteiger partial charge is 0.411 e. The molecule has 0 atom stereocenters. The molecule has 1 N–H and O–H groups in total. The van der Waals surface area contributed by atoms with E-state index < -0.39 is 25.2 Å².